The van der Waals surface area contributed by atoms with Gasteiger partial charge in [0.15, 0.2) is 0 Å². The summed E-state index contributed by atoms with van der Waals surface area (Å²) in [4.78, 5) is 18.9. The highest BCUT2D eigenvalue weighted by Crippen LogP contribution is 2.22. The van der Waals surface area contributed by atoms with Gasteiger partial charge in [0.05, 0.1) is 12.1 Å². The Kier molecular flexibility index (Phi) is 7.03. The highest BCUT2D eigenvalue weighted by molar-refractivity contribution is 5.85. The zero-order chi connectivity index (χ0) is 16.5. The van der Waals surface area contributed by atoms with Gasteiger partial charge in [-0.3, -0.25) is 4.79 Å². The minimum absolute atomic E-state index is 0. The molecule has 0 spiro atoms. The van der Waals surface area contributed by atoms with Crippen LogP contribution >= 0.6 is 24.8 Å². The Bertz CT molecular complexity index is 738. The average Bonchev–Trinajstić information content (AvgIpc) is 3.14. The van der Waals surface area contributed by atoms with Gasteiger partial charge in [0, 0.05) is 30.7 Å². The number of fused-ring (bicyclic) bond motifs is 2. The van der Waals surface area contributed by atoms with Gasteiger partial charge in [0.2, 0.25) is 11.8 Å². The zero-order valence-electron chi connectivity index (χ0n) is 14.2. The van der Waals surface area contributed by atoms with Crippen molar-refractivity contribution in [2.45, 2.75) is 37.8 Å². The van der Waals surface area contributed by atoms with E-state index in [1.54, 1.807) is 12.1 Å². The Morgan fingerprint density at radius 2 is 1.92 bits per heavy atom. The van der Waals surface area contributed by atoms with E-state index in [-0.39, 0.29) is 43.0 Å². The van der Waals surface area contributed by atoms with Crippen LogP contribution in [-0.4, -0.2) is 41.0 Å². The quantitative estimate of drug-likeness (QED) is 0.857. The molecule has 1 N–H and O–H groups in total. The number of hydrogen-bond acceptors (Lipinski definition) is 4. The Balaban J connectivity index is 0.00000121. The van der Waals surface area contributed by atoms with Gasteiger partial charge in [-0.25, -0.2) is 9.37 Å². The van der Waals surface area contributed by atoms with Gasteiger partial charge in [0.1, 0.15) is 12.1 Å². The molecule has 2 saturated heterocycles. The van der Waals surface area contributed by atoms with Crippen molar-refractivity contribution in [1.29, 1.82) is 0 Å². The molecule has 2 aliphatic heterocycles. The number of likely N-dealkylation sites (tertiary alicyclic amines) is 1. The van der Waals surface area contributed by atoms with Gasteiger partial charge >= 0.3 is 0 Å². The molecule has 2 aromatic rings. The second kappa shape index (κ2) is 8.84. The summed E-state index contributed by atoms with van der Waals surface area (Å²) in [5, 5.41) is 3.57. The van der Waals surface area contributed by atoms with Crippen LogP contribution < -0.4 is 5.32 Å². The van der Waals surface area contributed by atoms with Crippen LogP contribution in [0.5, 0.6) is 0 Å². The number of halogens is 3. The molecule has 1 amide bonds. The van der Waals surface area contributed by atoms with E-state index in [1.165, 1.54) is 24.8 Å². The molecular weight excluding hydrogens is 380 g/mol. The number of oxazole rings is 1. The maximum atomic E-state index is 13.0. The van der Waals surface area contributed by atoms with Crippen molar-refractivity contribution in [1.82, 2.24) is 15.2 Å². The fraction of sp³-hybridized carbons (Fsp3) is 0.444. The summed E-state index contributed by atoms with van der Waals surface area (Å²) in [6.07, 6.45) is 5.13. The first-order valence-electron chi connectivity index (χ1n) is 8.41. The lowest BCUT2D eigenvalue weighted by atomic mass is 10.1. The molecule has 1 aromatic carbocycles. The van der Waals surface area contributed by atoms with Crippen LogP contribution in [0.4, 0.5) is 4.39 Å². The van der Waals surface area contributed by atoms with Gasteiger partial charge in [-0.05, 0) is 43.5 Å². The number of carbonyl (C=O) groups excluding carboxylic acids is 1. The number of aromatic nitrogens is 1. The van der Waals surface area contributed by atoms with Crippen LogP contribution in [0.15, 0.2) is 34.9 Å². The number of carbonyl (C=O) groups is 1. The number of nitrogens with zero attached hydrogens (tertiary/aromatic N) is 2. The molecule has 0 radical (unpaired) electrons. The lowest BCUT2D eigenvalue weighted by Crippen LogP contribution is -2.39. The molecule has 0 aliphatic carbocycles. The van der Waals surface area contributed by atoms with Crippen molar-refractivity contribution in [2.75, 3.05) is 13.1 Å². The lowest BCUT2D eigenvalue weighted by Gasteiger charge is -2.23. The normalized spacial score (nSPS) is 21.5. The molecule has 2 fully saturated rings. The zero-order valence-corrected chi connectivity index (χ0v) is 15.8. The minimum atomic E-state index is -0.301. The molecule has 0 saturated carbocycles. The highest BCUT2D eigenvalue weighted by atomic mass is 35.5. The number of nitrogens with one attached hydrogen (secondary N) is 1. The summed E-state index contributed by atoms with van der Waals surface area (Å²) in [6, 6.07) is 6.94. The van der Waals surface area contributed by atoms with Crippen LogP contribution in [-0.2, 0) is 11.2 Å². The first-order chi connectivity index (χ1) is 11.7. The standard InChI is InChI=1S/C18H20FN3O2.2ClH/c19-13-3-1-12(2-4-13)18-21-16(11-24-18)9-17(23)22-8-7-14-5-6-15(10-22)20-14;;/h1-4,11,14-15,20H,5-10H2;2*1H. The Morgan fingerprint density at radius 3 is 2.69 bits per heavy atom. The number of hydrogen-bond donors (Lipinski definition) is 1. The monoisotopic (exact) mass is 401 g/mol. The van der Waals surface area contributed by atoms with Gasteiger partial charge in [-0.1, -0.05) is 0 Å². The van der Waals surface area contributed by atoms with E-state index < -0.39 is 0 Å². The Hall–Kier alpha value is -1.63. The number of benzene rings is 1. The van der Waals surface area contributed by atoms with Crippen LogP contribution in [0, 0.1) is 5.82 Å². The number of rotatable bonds is 3. The van der Waals surface area contributed by atoms with E-state index in [0.29, 0.717) is 29.2 Å². The molecular formula is C18H22Cl2FN3O2. The predicted molar refractivity (Wildman–Crippen MR) is 101 cm³/mol. The Morgan fingerprint density at radius 1 is 1.19 bits per heavy atom. The van der Waals surface area contributed by atoms with Crippen LogP contribution in [0.1, 0.15) is 25.0 Å². The largest absolute Gasteiger partial charge is 0.444 e. The molecule has 2 bridgehead atoms. The molecule has 2 unspecified atom stereocenters. The highest BCUT2D eigenvalue weighted by Gasteiger charge is 2.31. The smallest absolute Gasteiger partial charge is 0.228 e. The second-order valence-corrected chi connectivity index (χ2v) is 6.59. The third-order valence-electron chi connectivity index (χ3n) is 4.85. The molecule has 1 aromatic heterocycles. The lowest BCUT2D eigenvalue weighted by molar-refractivity contribution is -0.130. The molecule has 26 heavy (non-hydrogen) atoms. The van der Waals surface area contributed by atoms with Crippen molar-refractivity contribution < 1.29 is 13.6 Å². The minimum Gasteiger partial charge on any atom is -0.444 e. The van der Waals surface area contributed by atoms with Gasteiger partial charge < -0.3 is 14.6 Å². The van der Waals surface area contributed by atoms with Crippen molar-refractivity contribution >= 4 is 30.7 Å². The summed E-state index contributed by atoms with van der Waals surface area (Å²) in [5.41, 5.74) is 1.31. The molecule has 8 heteroatoms. The van der Waals surface area contributed by atoms with Gasteiger partial charge in [-0.15, -0.1) is 24.8 Å². The van der Waals surface area contributed by atoms with Crippen LogP contribution in [0.2, 0.25) is 0 Å². The van der Waals surface area contributed by atoms with Crippen molar-refractivity contribution in [3.63, 3.8) is 0 Å². The van der Waals surface area contributed by atoms with Gasteiger partial charge in [0.25, 0.3) is 0 Å². The molecule has 5 nitrogen and oxygen atoms in total. The SMILES string of the molecule is Cl.Cl.O=C(Cc1coc(-c2ccc(F)cc2)n1)N1CCC2CCC(C1)N2. The average molecular weight is 402 g/mol. The van der Waals surface area contributed by atoms with Crippen LogP contribution in [0.3, 0.4) is 0 Å². The fourth-order valence-electron chi connectivity index (χ4n) is 3.55. The molecule has 2 atom stereocenters. The van der Waals surface area contributed by atoms with E-state index in [9.17, 15) is 9.18 Å². The molecule has 142 valence electrons. The summed E-state index contributed by atoms with van der Waals surface area (Å²) < 4.78 is 18.4. The maximum absolute atomic E-state index is 13.0. The Labute approximate surface area is 164 Å². The van der Waals surface area contributed by atoms with Gasteiger partial charge in [-0.2, -0.15) is 0 Å². The molecule has 3 heterocycles. The summed E-state index contributed by atoms with van der Waals surface area (Å²) in [5.74, 6) is 0.197. The van der Waals surface area contributed by atoms with Crippen LogP contribution in [0.25, 0.3) is 11.5 Å². The van der Waals surface area contributed by atoms with E-state index in [1.807, 2.05) is 4.90 Å². The maximum Gasteiger partial charge on any atom is 0.228 e. The fourth-order valence-corrected chi connectivity index (χ4v) is 3.55. The summed E-state index contributed by atoms with van der Waals surface area (Å²) in [6.45, 7) is 1.58. The third kappa shape index (κ3) is 4.55. The molecule has 2 aliphatic rings. The first-order valence-corrected chi connectivity index (χ1v) is 8.41. The van der Waals surface area contributed by atoms with E-state index in [0.717, 1.165) is 25.9 Å². The van der Waals surface area contributed by atoms with E-state index >= 15 is 0 Å². The van der Waals surface area contributed by atoms with Crippen molar-refractivity contribution in [2.24, 2.45) is 0 Å². The van der Waals surface area contributed by atoms with Crippen molar-refractivity contribution in [3.8, 4) is 11.5 Å². The van der Waals surface area contributed by atoms with E-state index in [4.69, 9.17) is 4.42 Å². The second-order valence-electron chi connectivity index (χ2n) is 6.59. The predicted octanol–water partition coefficient (Wildman–Crippen LogP) is 3.22. The van der Waals surface area contributed by atoms with Crippen molar-refractivity contribution in [3.05, 3.63) is 42.0 Å². The topological polar surface area (TPSA) is 58.4 Å². The molecule has 4 rings (SSSR count). The third-order valence-corrected chi connectivity index (χ3v) is 4.85. The number of amides is 1. The summed E-state index contributed by atoms with van der Waals surface area (Å²) >= 11 is 0. The summed E-state index contributed by atoms with van der Waals surface area (Å²) in [7, 11) is 0. The first kappa shape index (κ1) is 20.7. The van der Waals surface area contributed by atoms with E-state index in [2.05, 4.69) is 10.3 Å².